The van der Waals surface area contributed by atoms with Crippen molar-refractivity contribution in [2.24, 2.45) is 5.92 Å². The first-order valence-electron chi connectivity index (χ1n) is 7.47. The van der Waals surface area contributed by atoms with Gasteiger partial charge in [-0.2, -0.15) is 0 Å². The second-order valence-corrected chi connectivity index (χ2v) is 6.68. The predicted octanol–water partition coefficient (Wildman–Crippen LogP) is 4.11. The van der Waals surface area contributed by atoms with E-state index in [4.69, 9.17) is 0 Å². The van der Waals surface area contributed by atoms with Crippen LogP contribution in [0.4, 0.5) is 10.1 Å². The van der Waals surface area contributed by atoms with E-state index in [0.29, 0.717) is 16.4 Å². The average Bonchev–Trinajstić information content (AvgIpc) is 2.41. The van der Waals surface area contributed by atoms with Gasteiger partial charge in [-0.1, -0.05) is 13.8 Å². The lowest BCUT2D eigenvalue weighted by Crippen LogP contribution is -2.48. The highest BCUT2D eigenvalue weighted by molar-refractivity contribution is 9.10. The maximum Gasteiger partial charge on any atom is 0.139 e. The molecule has 0 spiro atoms. The van der Waals surface area contributed by atoms with Gasteiger partial charge in [0.15, 0.2) is 0 Å². The third kappa shape index (κ3) is 3.53. The van der Waals surface area contributed by atoms with E-state index in [9.17, 15) is 4.39 Å². The molecule has 2 atom stereocenters. The molecule has 0 amide bonds. The van der Waals surface area contributed by atoms with Crippen molar-refractivity contribution in [1.29, 1.82) is 0 Å². The Morgan fingerprint density at radius 2 is 2.20 bits per heavy atom. The molecule has 0 aliphatic carbocycles. The molecule has 1 fully saturated rings. The Labute approximate surface area is 129 Å². The fourth-order valence-electron chi connectivity index (χ4n) is 2.97. The summed E-state index contributed by atoms with van der Waals surface area (Å²) in [6.07, 6.45) is 2.29. The lowest BCUT2D eigenvalue weighted by molar-refractivity contribution is 0.322. The minimum Gasteiger partial charge on any atom is -0.371 e. The van der Waals surface area contributed by atoms with Crippen LogP contribution in [0.15, 0.2) is 16.6 Å². The van der Waals surface area contributed by atoms with Gasteiger partial charge >= 0.3 is 0 Å². The van der Waals surface area contributed by atoms with Crippen molar-refractivity contribution >= 4 is 21.6 Å². The summed E-state index contributed by atoms with van der Waals surface area (Å²) in [6, 6.07) is 4.12. The van der Waals surface area contributed by atoms with Crippen LogP contribution in [0.2, 0.25) is 0 Å². The van der Waals surface area contributed by atoms with Crippen molar-refractivity contribution in [3.8, 4) is 0 Å². The predicted molar refractivity (Wildman–Crippen MR) is 86.9 cm³/mol. The van der Waals surface area contributed by atoms with Crippen molar-refractivity contribution in [3.63, 3.8) is 0 Å². The largest absolute Gasteiger partial charge is 0.371 e. The van der Waals surface area contributed by atoms with Gasteiger partial charge in [0.05, 0.1) is 4.47 Å². The second-order valence-electron chi connectivity index (χ2n) is 5.83. The Morgan fingerprint density at radius 3 is 2.85 bits per heavy atom. The number of nitrogens with one attached hydrogen (secondary N) is 1. The van der Waals surface area contributed by atoms with Crippen LogP contribution in [-0.2, 0) is 0 Å². The van der Waals surface area contributed by atoms with Gasteiger partial charge in [0, 0.05) is 24.8 Å². The summed E-state index contributed by atoms with van der Waals surface area (Å²) < 4.78 is 14.3. The summed E-state index contributed by atoms with van der Waals surface area (Å²) in [5, 5.41) is 3.62. The van der Waals surface area contributed by atoms with Crippen LogP contribution < -0.4 is 10.2 Å². The molecule has 1 heterocycles. The molecule has 112 valence electrons. The lowest BCUT2D eigenvalue weighted by atomic mass is 9.93. The van der Waals surface area contributed by atoms with Crippen LogP contribution >= 0.6 is 15.9 Å². The van der Waals surface area contributed by atoms with Gasteiger partial charge in [0.25, 0.3) is 0 Å². The van der Waals surface area contributed by atoms with E-state index >= 15 is 0 Å². The van der Waals surface area contributed by atoms with Gasteiger partial charge in [-0.05, 0) is 65.9 Å². The Bertz CT molecular complexity index is 464. The number of benzene rings is 1. The first kappa shape index (κ1) is 15.8. The van der Waals surface area contributed by atoms with Crippen LogP contribution in [0.1, 0.15) is 32.3 Å². The van der Waals surface area contributed by atoms with Crippen molar-refractivity contribution < 1.29 is 4.39 Å². The quantitative estimate of drug-likeness (QED) is 0.885. The van der Waals surface area contributed by atoms with Gasteiger partial charge in [-0.15, -0.1) is 0 Å². The molecule has 2 unspecified atom stereocenters. The number of hydrogen-bond acceptors (Lipinski definition) is 2. The first-order chi connectivity index (χ1) is 9.52. The maximum absolute atomic E-state index is 13.8. The summed E-state index contributed by atoms with van der Waals surface area (Å²) in [7, 11) is 0. The number of aryl methyl sites for hydroxylation is 1. The van der Waals surface area contributed by atoms with Crippen molar-refractivity contribution in [1.82, 2.24) is 5.32 Å². The van der Waals surface area contributed by atoms with E-state index < -0.39 is 0 Å². The van der Waals surface area contributed by atoms with E-state index in [0.717, 1.165) is 37.3 Å². The highest BCUT2D eigenvalue weighted by Crippen LogP contribution is 2.30. The van der Waals surface area contributed by atoms with E-state index in [1.54, 1.807) is 6.07 Å². The van der Waals surface area contributed by atoms with Crippen LogP contribution in [0.3, 0.4) is 0 Å². The Hall–Kier alpha value is -0.610. The Morgan fingerprint density at radius 1 is 1.45 bits per heavy atom. The van der Waals surface area contributed by atoms with Gasteiger partial charge in [0.2, 0.25) is 0 Å². The minimum absolute atomic E-state index is 0.176. The van der Waals surface area contributed by atoms with Gasteiger partial charge in [-0.3, -0.25) is 0 Å². The highest BCUT2D eigenvalue weighted by Gasteiger charge is 2.26. The van der Waals surface area contributed by atoms with Crippen LogP contribution in [-0.4, -0.2) is 25.7 Å². The molecule has 1 saturated heterocycles. The zero-order chi connectivity index (χ0) is 14.7. The molecule has 0 saturated carbocycles. The molecule has 0 bridgehead atoms. The van der Waals surface area contributed by atoms with Crippen LogP contribution in [0.25, 0.3) is 0 Å². The fourth-order valence-corrected chi connectivity index (χ4v) is 3.43. The molecule has 0 radical (unpaired) electrons. The number of halogens is 2. The second kappa shape index (κ2) is 6.90. The number of nitrogens with zero attached hydrogens (tertiary/aromatic N) is 1. The molecule has 1 aromatic carbocycles. The molecular formula is C16H24BrFN2. The standard InChI is InChI=1S/C16H24BrFN2/c1-4-6-19-15-5-7-20(10-12(15)3)16-9-14(18)13(17)8-11(16)2/h8-9,12,15,19H,4-7,10H2,1-3H3. The molecule has 20 heavy (non-hydrogen) atoms. The number of anilines is 1. The fraction of sp³-hybridized carbons (Fsp3) is 0.625. The van der Waals surface area contributed by atoms with Crippen molar-refractivity contribution in [2.75, 3.05) is 24.5 Å². The summed E-state index contributed by atoms with van der Waals surface area (Å²) in [5.74, 6) is 0.408. The number of piperidine rings is 1. The zero-order valence-corrected chi connectivity index (χ0v) is 14.1. The molecule has 2 rings (SSSR count). The first-order valence-corrected chi connectivity index (χ1v) is 8.26. The monoisotopic (exact) mass is 342 g/mol. The molecule has 0 aromatic heterocycles. The molecule has 1 aliphatic rings. The Kier molecular flexibility index (Phi) is 5.44. The van der Waals surface area contributed by atoms with E-state index in [1.165, 1.54) is 6.42 Å². The third-order valence-corrected chi connectivity index (χ3v) is 4.75. The van der Waals surface area contributed by atoms with Gasteiger partial charge in [0.1, 0.15) is 5.82 Å². The summed E-state index contributed by atoms with van der Waals surface area (Å²) >= 11 is 3.25. The van der Waals surface area contributed by atoms with Crippen molar-refractivity contribution in [2.45, 2.75) is 39.7 Å². The summed E-state index contributed by atoms with van der Waals surface area (Å²) in [6.45, 7) is 9.59. The number of hydrogen-bond donors (Lipinski definition) is 1. The Balaban J connectivity index is 2.07. The van der Waals surface area contributed by atoms with E-state index in [-0.39, 0.29) is 5.82 Å². The molecule has 1 aliphatic heterocycles. The third-order valence-electron chi connectivity index (χ3n) is 4.14. The van der Waals surface area contributed by atoms with Gasteiger partial charge in [-0.25, -0.2) is 4.39 Å². The summed E-state index contributed by atoms with van der Waals surface area (Å²) in [5.41, 5.74) is 2.16. The molecular weight excluding hydrogens is 319 g/mol. The topological polar surface area (TPSA) is 15.3 Å². The molecule has 1 N–H and O–H groups in total. The SMILES string of the molecule is CCCNC1CCN(c2cc(F)c(Br)cc2C)CC1C. The summed E-state index contributed by atoms with van der Waals surface area (Å²) in [4.78, 5) is 2.32. The highest BCUT2D eigenvalue weighted by atomic mass is 79.9. The van der Waals surface area contributed by atoms with Crippen molar-refractivity contribution in [3.05, 3.63) is 28.0 Å². The average molecular weight is 343 g/mol. The van der Waals surface area contributed by atoms with Gasteiger partial charge < -0.3 is 10.2 Å². The molecule has 1 aromatic rings. The van der Waals surface area contributed by atoms with Crippen LogP contribution in [0, 0.1) is 18.7 Å². The van der Waals surface area contributed by atoms with E-state index in [2.05, 4.69) is 40.0 Å². The smallest absolute Gasteiger partial charge is 0.139 e. The normalized spacial score (nSPS) is 23.1. The number of rotatable bonds is 4. The lowest BCUT2D eigenvalue weighted by Gasteiger charge is -2.39. The van der Waals surface area contributed by atoms with E-state index in [1.807, 2.05) is 13.0 Å². The molecule has 2 nitrogen and oxygen atoms in total. The molecule has 4 heteroatoms. The van der Waals surface area contributed by atoms with Crippen LogP contribution in [0.5, 0.6) is 0 Å². The zero-order valence-electron chi connectivity index (χ0n) is 12.5. The maximum atomic E-state index is 13.8. The minimum atomic E-state index is -0.176.